The van der Waals surface area contributed by atoms with Gasteiger partial charge < -0.3 is 5.32 Å². The lowest BCUT2D eigenvalue weighted by molar-refractivity contribution is 1.02. The fourth-order valence-electron chi connectivity index (χ4n) is 1.40. The van der Waals surface area contributed by atoms with Crippen LogP contribution in [0, 0.1) is 13.8 Å². The molecule has 3 nitrogen and oxygen atoms in total. The normalized spacial score (nSPS) is 10.6. The SMILES string of the molecule is Cc1cc(CNc2cc(Cl)nnc2Cl)sc1C. The van der Waals surface area contributed by atoms with E-state index in [0.717, 1.165) is 0 Å². The van der Waals surface area contributed by atoms with E-state index in [2.05, 4.69) is 35.4 Å². The van der Waals surface area contributed by atoms with Crippen molar-refractivity contribution in [2.24, 2.45) is 0 Å². The van der Waals surface area contributed by atoms with Gasteiger partial charge in [-0.05, 0) is 25.5 Å². The Bertz CT molecular complexity index is 520. The van der Waals surface area contributed by atoms with E-state index in [4.69, 9.17) is 23.2 Å². The van der Waals surface area contributed by atoms with Crippen molar-refractivity contribution in [2.45, 2.75) is 20.4 Å². The van der Waals surface area contributed by atoms with Crippen LogP contribution in [0.1, 0.15) is 15.3 Å². The molecular formula is C11H11Cl2N3S. The van der Waals surface area contributed by atoms with Gasteiger partial charge in [0.1, 0.15) is 0 Å². The summed E-state index contributed by atoms with van der Waals surface area (Å²) in [5.74, 6) is 0. The summed E-state index contributed by atoms with van der Waals surface area (Å²) in [6, 6.07) is 3.83. The number of hydrogen-bond acceptors (Lipinski definition) is 4. The first-order valence-electron chi connectivity index (χ1n) is 5.05. The molecule has 2 aromatic heterocycles. The zero-order chi connectivity index (χ0) is 12.4. The number of rotatable bonds is 3. The Balaban J connectivity index is 2.09. The number of nitrogens with zero attached hydrogens (tertiary/aromatic N) is 2. The lowest BCUT2D eigenvalue weighted by atomic mass is 10.3. The molecule has 0 saturated carbocycles. The van der Waals surface area contributed by atoms with Gasteiger partial charge in [0.15, 0.2) is 10.3 Å². The minimum Gasteiger partial charge on any atom is -0.378 e. The third-order valence-corrected chi connectivity index (χ3v) is 4.01. The van der Waals surface area contributed by atoms with Crippen LogP contribution >= 0.6 is 34.5 Å². The molecule has 0 saturated heterocycles. The molecule has 0 aliphatic carbocycles. The lowest BCUT2D eigenvalue weighted by Gasteiger charge is -2.05. The van der Waals surface area contributed by atoms with Crippen LogP contribution in [0.3, 0.4) is 0 Å². The topological polar surface area (TPSA) is 37.8 Å². The van der Waals surface area contributed by atoms with Crippen LogP contribution in [-0.2, 0) is 6.54 Å². The molecule has 0 atom stereocenters. The molecule has 1 N–H and O–H groups in total. The van der Waals surface area contributed by atoms with Gasteiger partial charge >= 0.3 is 0 Å². The van der Waals surface area contributed by atoms with Crippen molar-refractivity contribution in [3.8, 4) is 0 Å². The quantitative estimate of drug-likeness (QED) is 0.925. The Morgan fingerprint density at radius 3 is 2.65 bits per heavy atom. The number of halogens is 2. The lowest BCUT2D eigenvalue weighted by Crippen LogP contribution is -2.00. The van der Waals surface area contributed by atoms with Crippen molar-refractivity contribution in [3.63, 3.8) is 0 Å². The second-order valence-corrected chi connectivity index (χ2v) is 5.76. The molecule has 0 spiro atoms. The van der Waals surface area contributed by atoms with Gasteiger partial charge in [0.25, 0.3) is 0 Å². The number of nitrogens with one attached hydrogen (secondary N) is 1. The Morgan fingerprint density at radius 2 is 2.00 bits per heavy atom. The molecule has 0 bridgehead atoms. The molecule has 0 radical (unpaired) electrons. The minimum absolute atomic E-state index is 0.329. The molecule has 2 aromatic rings. The highest BCUT2D eigenvalue weighted by molar-refractivity contribution is 7.12. The number of anilines is 1. The maximum absolute atomic E-state index is 5.91. The highest BCUT2D eigenvalue weighted by atomic mass is 35.5. The first-order chi connectivity index (χ1) is 8.06. The average Bonchev–Trinajstić information content (AvgIpc) is 2.60. The zero-order valence-corrected chi connectivity index (χ0v) is 11.7. The summed E-state index contributed by atoms with van der Waals surface area (Å²) >= 11 is 13.4. The van der Waals surface area contributed by atoms with Gasteiger partial charge in [-0.25, -0.2) is 0 Å². The van der Waals surface area contributed by atoms with Gasteiger partial charge in [0.05, 0.1) is 5.69 Å². The summed E-state index contributed by atoms with van der Waals surface area (Å²) in [5.41, 5.74) is 2.01. The van der Waals surface area contributed by atoms with Crippen molar-refractivity contribution in [1.29, 1.82) is 0 Å². The summed E-state index contributed by atoms with van der Waals surface area (Å²) in [5, 5.41) is 11.3. The number of hydrogen-bond donors (Lipinski definition) is 1. The van der Waals surface area contributed by atoms with E-state index in [1.165, 1.54) is 15.3 Å². The Labute approximate surface area is 114 Å². The van der Waals surface area contributed by atoms with Gasteiger partial charge in [-0.15, -0.1) is 21.5 Å². The Kier molecular flexibility index (Phi) is 3.86. The molecule has 2 heterocycles. The highest BCUT2D eigenvalue weighted by Gasteiger charge is 2.05. The fourth-order valence-corrected chi connectivity index (χ4v) is 2.70. The molecule has 0 unspecified atom stereocenters. The van der Waals surface area contributed by atoms with Gasteiger partial charge in [-0.1, -0.05) is 23.2 Å². The maximum Gasteiger partial charge on any atom is 0.174 e. The van der Waals surface area contributed by atoms with Crippen molar-refractivity contribution in [2.75, 3.05) is 5.32 Å². The number of thiophene rings is 1. The van der Waals surface area contributed by atoms with E-state index in [1.54, 1.807) is 17.4 Å². The smallest absolute Gasteiger partial charge is 0.174 e. The molecule has 2 rings (SSSR count). The first-order valence-corrected chi connectivity index (χ1v) is 6.62. The second-order valence-electron chi connectivity index (χ2n) is 3.68. The molecule has 90 valence electrons. The molecule has 0 amide bonds. The number of aryl methyl sites for hydroxylation is 2. The van der Waals surface area contributed by atoms with Crippen LogP contribution in [0.4, 0.5) is 5.69 Å². The van der Waals surface area contributed by atoms with Crippen LogP contribution in [-0.4, -0.2) is 10.2 Å². The average molecular weight is 288 g/mol. The van der Waals surface area contributed by atoms with E-state index in [1.807, 2.05) is 0 Å². The number of aromatic nitrogens is 2. The third kappa shape index (κ3) is 3.09. The van der Waals surface area contributed by atoms with E-state index in [9.17, 15) is 0 Å². The van der Waals surface area contributed by atoms with Crippen molar-refractivity contribution in [3.05, 3.63) is 37.8 Å². The van der Waals surface area contributed by atoms with Crippen LogP contribution in [0.2, 0.25) is 10.3 Å². The minimum atomic E-state index is 0.329. The Hall–Kier alpha value is -0.840. The summed E-state index contributed by atoms with van der Waals surface area (Å²) in [4.78, 5) is 2.59. The standard InChI is InChI=1S/C11H11Cl2N3S/c1-6-3-8(17-7(6)2)5-14-9-4-10(12)15-16-11(9)13/h3-4H,5H2,1-2H3,(H,14,15). The van der Waals surface area contributed by atoms with E-state index >= 15 is 0 Å². The Morgan fingerprint density at radius 1 is 1.24 bits per heavy atom. The van der Waals surface area contributed by atoms with Gasteiger partial charge in [-0.2, -0.15) is 0 Å². The van der Waals surface area contributed by atoms with Crippen LogP contribution in [0.25, 0.3) is 0 Å². The van der Waals surface area contributed by atoms with Gasteiger partial charge in [0, 0.05) is 22.4 Å². The predicted molar refractivity (Wildman–Crippen MR) is 73.2 cm³/mol. The highest BCUT2D eigenvalue weighted by Crippen LogP contribution is 2.24. The first kappa shape index (κ1) is 12.6. The molecule has 0 fully saturated rings. The van der Waals surface area contributed by atoms with Crippen molar-refractivity contribution < 1.29 is 0 Å². The van der Waals surface area contributed by atoms with E-state index in [0.29, 0.717) is 22.5 Å². The fraction of sp³-hybridized carbons (Fsp3) is 0.273. The van der Waals surface area contributed by atoms with Gasteiger partial charge in [0.2, 0.25) is 0 Å². The molecule has 0 aromatic carbocycles. The van der Waals surface area contributed by atoms with E-state index in [-0.39, 0.29) is 0 Å². The zero-order valence-electron chi connectivity index (χ0n) is 9.42. The van der Waals surface area contributed by atoms with Gasteiger partial charge in [-0.3, -0.25) is 0 Å². The molecule has 0 aliphatic heterocycles. The van der Waals surface area contributed by atoms with Crippen LogP contribution < -0.4 is 5.32 Å². The largest absolute Gasteiger partial charge is 0.378 e. The third-order valence-electron chi connectivity index (χ3n) is 2.39. The second kappa shape index (κ2) is 5.21. The van der Waals surface area contributed by atoms with Crippen molar-refractivity contribution in [1.82, 2.24) is 10.2 Å². The monoisotopic (exact) mass is 287 g/mol. The summed E-state index contributed by atoms with van der Waals surface area (Å²) in [6.45, 7) is 4.93. The molecule has 17 heavy (non-hydrogen) atoms. The molecular weight excluding hydrogens is 277 g/mol. The summed E-state index contributed by atoms with van der Waals surface area (Å²) in [7, 11) is 0. The summed E-state index contributed by atoms with van der Waals surface area (Å²) < 4.78 is 0. The predicted octanol–water partition coefficient (Wildman–Crippen LogP) is 4.07. The van der Waals surface area contributed by atoms with Crippen LogP contribution in [0.15, 0.2) is 12.1 Å². The van der Waals surface area contributed by atoms with Crippen LogP contribution in [0.5, 0.6) is 0 Å². The van der Waals surface area contributed by atoms with Crippen molar-refractivity contribution >= 4 is 40.2 Å². The summed E-state index contributed by atoms with van der Waals surface area (Å²) in [6.07, 6.45) is 0. The maximum atomic E-state index is 5.91. The molecule has 6 heteroatoms. The molecule has 0 aliphatic rings. The van der Waals surface area contributed by atoms with E-state index < -0.39 is 0 Å².